The summed E-state index contributed by atoms with van der Waals surface area (Å²) >= 11 is 5.99. The van der Waals surface area contributed by atoms with Gasteiger partial charge in [0.05, 0.1) is 12.7 Å². The molecule has 1 N–H and O–H groups in total. The average molecular weight is 325 g/mol. The minimum Gasteiger partial charge on any atom is -0.496 e. The first-order chi connectivity index (χ1) is 10.4. The van der Waals surface area contributed by atoms with Crippen LogP contribution in [0, 0.1) is 0 Å². The Labute approximate surface area is 137 Å². The van der Waals surface area contributed by atoms with Gasteiger partial charge in [0.1, 0.15) is 5.75 Å². The molecule has 0 aliphatic carbocycles. The highest BCUT2D eigenvalue weighted by atomic mass is 35.5. The molecule has 0 spiro atoms. The smallest absolute Gasteiger partial charge is 0.255 e. The van der Waals surface area contributed by atoms with Crippen LogP contribution in [0.3, 0.4) is 0 Å². The van der Waals surface area contributed by atoms with Crippen molar-refractivity contribution in [1.82, 2.24) is 10.2 Å². The van der Waals surface area contributed by atoms with E-state index in [-0.39, 0.29) is 11.4 Å². The lowest BCUT2D eigenvalue weighted by Gasteiger charge is -2.41. The van der Waals surface area contributed by atoms with Gasteiger partial charge in [-0.15, -0.1) is 0 Å². The van der Waals surface area contributed by atoms with Gasteiger partial charge in [0.25, 0.3) is 5.91 Å². The molecule has 0 atom stereocenters. The number of methoxy groups -OCH3 is 1. The molecule has 0 unspecified atom stereocenters. The third-order valence-corrected chi connectivity index (χ3v) is 4.53. The molecule has 0 bridgehead atoms. The molecule has 0 aromatic heterocycles. The number of piperidine rings is 1. The summed E-state index contributed by atoms with van der Waals surface area (Å²) in [5.74, 6) is 0.391. The van der Waals surface area contributed by atoms with E-state index in [0.29, 0.717) is 22.9 Å². The molecule has 122 valence electrons. The predicted octanol–water partition coefficient (Wildman–Crippen LogP) is 3.34. The van der Waals surface area contributed by atoms with E-state index in [4.69, 9.17) is 16.3 Å². The number of carbonyl (C=O) groups excluding carboxylic acids is 1. The average Bonchev–Trinajstić information content (AvgIpc) is 2.53. The Hall–Kier alpha value is -1.26. The van der Waals surface area contributed by atoms with E-state index in [2.05, 4.69) is 24.1 Å². The van der Waals surface area contributed by atoms with Crippen LogP contribution in [0.2, 0.25) is 5.02 Å². The summed E-state index contributed by atoms with van der Waals surface area (Å²) in [5, 5.41) is 3.55. The van der Waals surface area contributed by atoms with Crippen LogP contribution >= 0.6 is 11.6 Å². The van der Waals surface area contributed by atoms with Crippen molar-refractivity contribution in [1.29, 1.82) is 0 Å². The molecule has 1 heterocycles. The van der Waals surface area contributed by atoms with Crippen molar-refractivity contribution in [2.24, 2.45) is 0 Å². The number of nitrogens with one attached hydrogen (secondary N) is 1. The quantitative estimate of drug-likeness (QED) is 0.903. The maximum atomic E-state index is 12.4. The summed E-state index contributed by atoms with van der Waals surface area (Å²) in [4.78, 5) is 14.9. The summed E-state index contributed by atoms with van der Waals surface area (Å²) in [6.07, 6.45) is 3.78. The maximum Gasteiger partial charge on any atom is 0.255 e. The normalized spacial score (nSPS) is 16.4. The molecule has 1 amide bonds. The zero-order valence-electron chi connectivity index (χ0n) is 13.6. The van der Waals surface area contributed by atoms with Gasteiger partial charge in [0, 0.05) is 17.1 Å². The van der Waals surface area contributed by atoms with Crippen LogP contribution in [-0.2, 0) is 0 Å². The lowest BCUT2D eigenvalue weighted by Crippen LogP contribution is -2.53. The number of nitrogens with zero attached hydrogens (tertiary/aromatic N) is 1. The van der Waals surface area contributed by atoms with Crippen molar-refractivity contribution in [2.45, 2.75) is 38.6 Å². The van der Waals surface area contributed by atoms with Crippen LogP contribution in [0.5, 0.6) is 5.75 Å². The SMILES string of the molecule is COc1ccc(Cl)cc1C(=O)NCC(C)(C)N1CCCCC1. The largest absolute Gasteiger partial charge is 0.496 e. The molecule has 0 radical (unpaired) electrons. The van der Waals surface area contributed by atoms with E-state index >= 15 is 0 Å². The van der Waals surface area contributed by atoms with Crippen molar-refractivity contribution < 1.29 is 9.53 Å². The predicted molar refractivity (Wildman–Crippen MR) is 89.8 cm³/mol. The van der Waals surface area contributed by atoms with Crippen molar-refractivity contribution in [3.05, 3.63) is 28.8 Å². The second-order valence-electron chi connectivity index (χ2n) is 6.39. The lowest BCUT2D eigenvalue weighted by atomic mass is 9.98. The molecule has 5 heteroatoms. The molecule has 0 saturated carbocycles. The first kappa shape index (κ1) is 17.1. The van der Waals surface area contributed by atoms with Gasteiger partial charge >= 0.3 is 0 Å². The topological polar surface area (TPSA) is 41.6 Å². The minimum atomic E-state index is -0.149. The van der Waals surface area contributed by atoms with Crippen molar-refractivity contribution in [2.75, 3.05) is 26.7 Å². The Bertz CT molecular complexity index is 525. The van der Waals surface area contributed by atoms with E-state index < -0.39 is 0 Å². The molecule has 4 nitrogen and oxygen atoms in total. The van der Waals surface area contributed by atoms with Gasteiger partial charge in [-0.25, -0.2) is 0 Å². The molecule has 22 heavy (non-hydrogen) atoms. The number of halogens is 1. The highest BCUT2D eigenvalue weighted by molar-refractivity contribution is 6.31. The standard InChI is InChI=1S/C17H25ClN2O2/c1-17(2,20-9-5-4-6-10-20)12-19-16(21)14-11-13(18)7-8-15(14)22-3/h7-8,11H,4-6,9-10,12H2,1-3H3,(H,19,21). The van der Waals surface area contributed by atoms with Crippen molar-refractivity contribution in [3.8, 4) is 5.75 Å². The van der Waals surface area contributed by atoms with Gasteiger partial charge in [-0.3, -0.25) is 9.69 Å². The van der Waals surface area contributed by atoms with Crippen LogP contribution in [0.15, 0.2) is 18.2 Å². The van der Waals surface area contributed by atoms with E-state index in [9.17, 15) is 4.79 Å². The molecular weight excluding hydrogens is 300 g/mol. The fourth-order valence-electron chi connectivity index (χ4n) is 2.86. The summed E-state index contributed by atoms with van der Waals surface area (Å²) in [6, 6.07) is 5.07. The molecular formula is C17H25ClN2O2. The summed E-state index contributed by atoms with van der Waals surface area (Å²) in [6.45, 7) is 7.15. The van der Waals surface area contributed by atoms with Crippen molar-refractivity contribution in [3.63, 3.8) is 0 Å². The van der Waals surface area contributed by atoms with Gasteiger partial charge in [0.2, 0.25) is 0 Å². The Kier molecular flexibility index (Phi) is 5.70. The number of carbonyl (C=O) groups is 1. The fourth-order valence-corrected chi connectivity index (χ4v) is 3.03. The number of hydrogen-bond acceptors (Lipinski definition) is 3. The molecule has 1 aromatic carbocycles. The van der Waals surface area contributed by atoms with Gasteiger partial charge in [-0.1, -0.05) is 18.0 Å². The van der Waals surface area contributed by atoms with Gasteiger partial charge in [0.15, 0.2) is 0 Å². The van der Waals surface area contributed by atoms with Gasteiger partial charge in [-0.05, 0) is 58.0 Å². The lowest BCUT2D eigenvalue weighted by molar-refractivity contribution is 0.0795. The van der Waals surface area contributed by atoms with E-state index in [1.807, 2.05) is 0 Å². The minimum absolute atomic E-state index is 0.0537. The zero-order valence-corrected chi connectivity index (χ0v) is 14.4. The third kappa shape index (κ3) is 4.14. The van der Waals surface area contributed by atoms with Gasteiger partial charge < -0.3 is 10.1 Å². The number of ether oxygens (including phenoxy) is 1. The Morgan fingerprint density at radius 1 is 1.32 bits per heavy atom. The molecule has 1 aliphatic heterocycles. The second-order valence-corrected chi connectivity index (χ2v) is 6.82. The van der Waals surface area contributed by atoms with E-state index in [0.717, 1.165) is 13.1 Å². The van der Waals surface area contributed by atoms with E-state index in [1.54, 1.807) is 25.3 Å². The maximum absolute atomic E-state index is 12.4. The van der Waals surface area contributed by atoms with E-state index in [1.165, 1.54) is 19.3 Å². The van der Waals surface area contributed by atoms with Gasteiger partial charge in [-0.2, -0.15) is 0 Å². The highest BCUT2D eigenvalue weighted by Crippen LogP contribution is 2.23. The second kappa shape index (κ2) is 7.34. The third-order valence-electron chi connectivity index (χ3n) is 4.30. The van der Waals surface area contributed by atoms with Crippen LogP contribution in [-0.4, -0.2) is 43.1 Å². The number of likely N-dealkylation sites (tertiary alicyclic amines) is 1. The zero-order chi connectivity index (χ0) is 16.2. The molecule has 2 rings (SSSR count). The number of hydrogen-bond donors (Lipinski definition) is 1. The van der Waals surface area contributed by atoms with Crippen LogP contribution in [0.1, 0.15) is 43.5 Å². The first-order valence-corrected chi connectivity index (χ1v) is 8.18. The molecule has 1 aliphatic rings. The van der Waals surface area contributed by atoms with Crippen LogP contribution in [0.4, 0.5) is 0 Å². The summed E-state index contributed by atoms with van der Waals surface area (Å²) in [7, 11) is 1.55. The Morgan fingerprint density at radius 2 is 2.00 bits per heavy atom. The van der Waals surface area contributed by atoms with Crippen LogP contribution < -0.4 is 10.1 Å². The summed E-state index contributed by atoms with van der Waals surface area (Å²) < 4.78 is 5.24. The Balaban J connectivity index is 2.01. The molecule has 1 saturated heterocycles. The summed E-state index contributed by atoms with van der Waals surface area (Å²) in [5.41, 5.74) is 0.423. The molecule has 1 aromatic rings. The van der Waals surface area contributed by atoms with Crippen molar-refractivity contribution >= 4 is 17.5 Å². The first-order valence-electron chi connectivity index (χ1n) is 7.81. The number of amides is 1. The molecule has 1 fully saturated rings. The monoisotopic (exact) mass is 324 g/mol. The number of benzene rings is 1. The van der Waals surface area contributed by atoms with Crippen LogP contribution in [0.25, 0.3) is 0 Å². The Morgan fingerprint density at radius 3 is 2.64 bits per heavy atom. The fraction of sp³-hybridized carbons (Fsp3) is 0.588. The number of rotatable bonds is 5. The highest BCUT2D eigenvalue weighted by Gasteiger charge is 2.28.